The third-order valence-electron chi connectivity index (χ3n) is 11.2. The summed E-state index contributed by atoms with van der Waals surface area (Å²) in [5.74, 6) is 0. The number of furan rings is 2. The molecule has 2 nitrogen and oxygen atoms in total. The molecule has 0 N–H and O–H groups in total. The van der Waals surface area contributed by atoms with E-state index in [2.05, 4.69) is 158 Å². The van der Waals surface area contributed by atoms with Gasteiger partial charge in [0.15, 0.2) is 0 Å². The van der Waals surface area contributed by atoms with Crippen molar-refractivity contribution in [3.05, 3.63) is 170 Å². The molecule has 0 fully saturated rings. The summed E-state index contributed by atoms with van der Waals surface area (Å²) in [4.78, 5) is 0. The van der Waals surface area contributed by atoms with Gasteiger partial charge in [0.1, 0.15) is 22.3 Å². The number of hydrogen-bond donors (Lipinski definition) is 0. The molecule has 52 heavy (non-hydrogen) atoms. The number of benzene rings is 10. The molecule has 0 aliphatic heterocycles. The van der Waals surface area contributed by atoms with E-state index >= 15 is 0 Å². The van der Waals surface area contributed by atoms with E-state index in [1.54, 1.807) is 0 Å². The zero-order valence-corrected chi connectivity index (χ0v) is 28.0. The van der Waals surface area contributed by atoms with Crippen LogP contribution in [0.1, 0.15) is 0 Å². The lowest BCUT2D eigenvalue weighted by atomic mass is 9.85. The first kappa shape index (κ1) is 27.9. The SMILES string of the molecule is c1ccc2c(c1)oc1cccc(-c3ccc4c(c3)c3ccccc3c3c5ccc(-c6cccc7oc8ccccc8c67)cc5c5ccccc5c43)c12. The largest absolute Gasteiger partial charge is 0.456 e. The van der Waals surface area contributed by atoms with E-state index in [0.717, 1.165) is 43.9 Å². The third kappa shape index (κ3) is 3.73. The first-order valence-electron chi connectivity index (χ1n) is 17.8. The van der Waals surface area contributed by atoms with Crippen LogP contribution in [0.25, 0.3) is 120 Å². The minimum absolute atomic E-state index is 0.913. The third-order valence-corrected chi connectivity index (χ3v) is 11.2. The van der Waals surface area contributed by atoms with E-state index < -0.39 is 0 Å². The summed E-state index contributed by atoms with van der Waals surface area (Å²) >= 11 is 0. The van der Waals surface area contributed by atoms with Crippen molar-refractivity contribution in [2.45, 2.75) is 0 Å². The molecule has 2 heteroatoms. The molecule has 0 aliphatic carbocycles. The highest BCUT2D eigenvalue weighted by atomic mass is 16.3. The van der Waals surface area contributed by atoms with Crippen molar-refractivity contribution in [2.75, 3.05) is 0 Å². The van der Waals surface area contributed by atoms with Crippen LogP contribution >= 0.6 is 0 Å². The number of para-hydroxylation sites is 2. The van der Waals surface area contributed by atoms with Gasteiger partial charge in [-0.25, -0.2) is 0 Å². The second kappa shape index (κ2) is 10.3. The Morgan fingerprint density at radius 3 is 1.06 bits per heavy atom. The van der Waals surface area contributed by atoms with Gasteiger partial charge in [-0.05, 0) is 113 Å². The Hall–Kier alpha value is -6.90. The first-order valence-corrected chi connectivity index (χ1v) is 17.8. The summed E-state index contributed by atoms with van der Waals surface area (Å²) in [5, 5.41) is 17.3. The normalized spacial score (nSPS) is 12.2. The monoisotopic (exact) mass is 660 g/mol. The molecular formula is C50H28O2. The van der Waals surface area contributed by atoms with Crippen LogP contribution in [0.4, 0.5) is 0 Å². The molecule has 12 aromatic rings. The predicted octanol–water partition coefficient (Wildman–Crippen LogP) is 14.6. The number of hydrogen-bond acceptors (Lipinski definition) is 2. The van der Waals surface area contributed by atoms with Crippen LogP contribution in [-0.4, -0.2) is 0 Å². The van der Waals surface area contributed by atoms with Crippen LogP contribution in [0.2, 0.25) is 0 Å². The van der Waals surface area contributed by atoms with Gasteiger partial charge < -0.3 is 8.83 Å². The second-order valence-corrected chi connectivity index (χ2v) is 13.9. The maximum Gasteiger partial charge on any atom is 0.136 e. The summed E-state index contributed by atoms with van der Waals surface area (Å²) < 4.78 is 12.6. The molecule has 0 bridgehead atoms. The fourth-order valence-electron chi connectivity index (χ4n) is 9.04. The Kier molecular flexibility index (Phi) is 5.53. The smallest absolute Gasteiger partial charge is 0.136 e. The van der Waals surface area contributed by atoms with Crippen LogP contribution in [0, 0.1) is 0 Å². The molecule has 12 rings (SSSR count). The highest BCUT2D eigenvalue weighted by Gasteiger charge is 2.19. The van der Waals surface area contributed by atoms with E-state index in [0.29, 0.717) is 0 Å². The molecule has 0 spiro atoms. The highest BCUT2D eigenvalue weighted by molar-refractivity contribution is 6.40. The van der Waals surface area contributed by atoms with Crippen LogP contribution in [0.5, 0.6) is 0 Å². The quantitative estimate of drug-likeness (QED) is 0.173. The van der Waals surface area contributed by atoms with Crippen molar-refractivity contribution >= 4 is 97.7 Å². The van der Waals surface area contributed by atoms with Gasteiger partial charge in [-0.3, -0.25) is 0 Å². The van der Waals surface area contributed by atoms with E-state index in [1.165, 1.54) is 76.1 Å². The van der Waals surface area contributed by atoms with Crippen LogP contribution < -0.4 is 0 Å². The second-order valence-electron chi connectivity index (χ2n) is 13.9. The highest BCUT2D eigenvalue weighted by Crippen LogP contribution is 2.47. The summed E-state index contributed by atoms with van der Waals surface area (Å²) in [6.07, 6.45) is 0. The predicted molar refractivity (Wildman–Crippen MR) is 219 cm³/mol. The molecule has 0 amide bonds. The van der Waals surface area contributed by atoms with Crippen LogP contribution in [-0.2, 0) is 0 Å². The number of fused-ring (bicyclic) bond motifs is 17. The van der Waals surface area contributed by atoms with Gasteiger partial charge in [0.2, 0.25) is 0 Å². The zero-order chi connectivity index (χ0) is 33.9. The van der Waals surface area contributed by atoms with E-state index in [1.807, 2.05) is 12.1 Å². The van der Waals surface area contributed by atoms with Crippen molar-refractivity contribution in [1.82, 2.24) is 0 Å². The maximum absolute atomic E-state index is 6.29. The molecule has 0 aliphatic rings. The molecule has 0 radical (unpaired) electrons. The maximum atomic E-state index is 6.29. The van der Waals surface area contributed by atoms with Gasteiger partial charge in [-0.1, -0.05) is 133 Å². The van der Waals surface area contributed by atoms with Crippen molar-refractivity contribution < 1.29 is 8.83 Å². The Labute approximate surface area is 297 Å². The molecule has 0 atom stereocenters. The fourth-order valence-corrected chi connectivity index (χ4v) is 9.04. The summed E-state index contributed by atoms with van der Waals surface area (Å²) in [6, 6.07) is 61.4. The van der Waals surface area contributed by atoms with E-state index in [4.69, 9.17) is 8.83 Å². The van der Waals surface area contributed by atoms with E-state index in [9.17, 15) is 0 Å². The molecule has 10 aromatic carbocycles. The van der Waals surface area contributed by atoms with Crippen molar-refractivity contribution in [1.29, 1.82) is 0 Å². The van der Waals surface area contributed by atoms with Gasteiger partial charge in [-0.2, -0.15) is 0 Å². The first-order chi connectivity index (χ1) is 25.8. The minimum atomic E-state index is 0.913. The number of rotatable bonds is 2. The standard InChI is InChI=1S/C50H28O2/c1-3-13-35-33(11-1)41-27-29(31-17-9-21-45-47(31)39-15-5-7-19-43(39)51-45)23-25-37(41)50-36-14-4-2-12-34(36)42-28-30(24-26-38(42)49(35)50)32-18-10-22-46-48(32)40-16-6-8-20-44(40)52-46/h1-28H. The molecular weight excluding hydrogens is 633 g/mol. The van der Waals surface area contributed by atoms with E-state index in [-0.39, 0.29) is 0 Å². The zero-order valence-electron chi connectivity index (χ0n) is 28.0. The average Bonchev–Trinajstić information content (AvgIpc) is 3.79. The average molecular weight is 661 g/mol. The lowest BCUT2D eigenvalue weighted by Crippen LogP contribution is -1.90. The van der Waals surface area contributed by atoms with Crippen molar-refractivity contribution in [3.8, 4) is 22.3 Å². The van der Waals surface area contributed by atoms with Crippen molar-refractivity contribution in [3.63, 3.8) is 0 Å². The van der Waals surface area contributed by atoms with Gasteiger partial charge in [0.25, 0.3) is 0 Å². The van der Waals surface area contributed by atoms with Crippen LogP contribution in [0.15, 0.2) is 179 Å². The van der Waals surface area contributed by atoms with Crippen molar-refractivity contribution in [2.24, 2.45) is 0 Å². The minimum Gasteiger partial charge on any atom is -0.456 e. The lowest BCUT2D eigenvalue weighted by molar-refractivity contribution is 0.668. The Morgan fingerprint density at radius 2 is 0.596 bits per heavy atom. The topological polar surface area (TPSA) is 26.3 Å². The molecule has 240 valence electrons. The van der Waals surface area contributed by atoms with Gasteiger partial charge in [0, 0.05) is 21.5 Å². The fraction of sp³-hybridized carbons (Fsp3) is 0. The molecule has 2 heterocycles. The Morgan fingerprint density at radius 1 is 0.231 bits per heavy atom. The Balaban J connectivity index is 1.18. The summed E-state index contributed by atoms with van der Waals surface area (Å²) in [6.45, 7) is 0. The van der Waals surface area contributed by atoms with Gasteiger partial charge >= 0.3 is 0 Å². The molecule has 0 unspecified atom stereocenters. The summed E-state index contributed by atoms with van der Waals surface area (Å²) in [7, 11) is 0. The van der Waals surface area contributed by atoms with Gasteiger partial charge in [-0.15, -0.1) is 0 Å². The van der Waals surface area contributed by atoms with Crippen LogP contribution in [0.3, 0.4) is 0 Å². The lowest BCUT2D eigenvalue weighted by Gasteiger charge is -2.18. The molecule has 0 saturated carbocycles. The van der Waals surface area contributed by atoms with Gasteiger partial charge in [0.05, 0.1) is 0 Å². The summed E-state index contributed by atoms with van der Waals surface area (Å²) in [5.41, 5.74) is 8.40. The molecule has 2 aromatic heterocycles. The molecule has 0 saturated heterocycles. The Bertz CT molecular complexity index is 3240.